The summed E-state index contributed by atoms with van der Waals surface area (Å²) in [6, 6.07) is 37.8. The number of fused-ring (bicyclic) bond motifs is 1. The zero-order chi connectivity index (χ0) is 38.7. The van der Waals surface area contributed by atoms with Crippen LogP contribution in [0.2, 0.25) is 0 Å². The maximum atomic E-state index is 11.3. The Balaban J connectivity index is 1.20. The van der Waals surface area contributed by atoms with E-state index in [2.05, 4.69) is 10.0 Å². The summed E-state index contributed by atoms with van der Waals surface area (Å²) in [5.74, 6) is -0.959. The molecule has 10 atom stereocenters. The summed E-state index contributed by atoms with van der Waals surface area (Å²) in [5.41, 5.74) is 13.4. The van der Waals surface area contributed by atoms with Crippen LogP contribution in [0.1, 0.15) is 36.1 Å². The third-order valence-corrected chi connectivity index (χ3v) is 9.90. The van der Waals surface area contributed by atoms with Gasteiger partial charge in [-0.25, -0.2) is 0 Å². The Labute approximate surface area is 326 Å². The van der Waals surface area contributed by atoms with Crippen LogP contribution in [-0.2, 0) is 69.1 Å². The maximum Gasteiger partial charge on any atom is 0.187 e. The van der Waals surface area contributed by atoms with Gasteiger partial charge < -0.3 is 47.7 Å². The van der Waals surface area contributed by atoms with Gasteiger partial charge in [0.25, 0.3) is 0 Å². The van der Waals surface area contributed by atoms with Crippen LogP contribution in [0, 0.1) is 0 Å². The minimum absolute atomic E-state index is 0.00930. The van der Waals surface area contributed by atoms with Crippen LogP contribution in [0.3, 0.4) is 0 Å². The van der Waals surface area contributed by atoms with E-state index in [0.29, 0.717) is 6.61 Å². The zero-order valence-corrected chi connectivity index (χ0v) is 31.5. The van der Waals surface area contributed by atoms with Gasteiger partial charge in [0.15, 0.2) is 18.4 Å². The summed E-state index contributed by atoms with van der Waals surface area (Å²) < 4.78 is 58.5. The lowest BCUT2D eigenvalue weighted by molar-refractivity contribution is -0.346. The number of aliphatic hydroxyl groups is 1. The first-order valence-corrected chi connectivity index (χ1v) is 19.0. The minimum atomic E-state index is -1.51. The minimum Gasteiger partial charge on any atom is -0.374 e. The van der Waals surface area contributed by atoms with E-state index >= 15 is 0 Å². The number of aliphatic hydroxyl groups excluding tert-OH is 1. The molecule has 3 saturated heterocycles. The molecule has 7 rings (SSSR count). The molecule has 13 heteroatoms. The van der Waals surface area contributed by atoms with Crippen LogP contribution in [0.5, 0.6) is 0 Å². The van der Waals surface area contributed by atoms with Crippen LogP contribution < -0.4 is 0 Å². The predicted molar refractivity (Wildman–Crippen MR) is 203 cm³/mol. The Morgan fingerprint density at radius 2 is 1.07 bits per heavy atom. The quantitative estimate of drug-likeness (QED) is 0.0706. The molecule has 0 saturated carbocycles. The van der Waals surface area contributed by atoms with Crippen molar-refractivity contribution in [1.29, 1.82) is 0 Å². The standard InChI is InChI=1S/C43H49N3O10/c1-43(2)55-37-34(28-49-24-30-17-9-4-10-18-30)53-42(40(39(37)56-43)51-26-32-21-13-6-14-22-32)54-36-33(27-48-23-29-15-7-3-8-16-29)52-41(47)35(45-46-44)38(36)50-25-31-19-11-5-12-20-31/h3-22,33-42,47H,23-28H2,1-2H3/t33-,34-,35-,36-,37+,38-,39+,40-,41-,42+/m1/s1. The summed E-state index contributed by atoms with van der Waals surface area (Å²) in [6.07, 6.45) is -8.10. The average Bonchev–Trinajstić information content (AvgIpc) is 3.55. The largest absolute Gasteiger partial charge is 0.374 e. The van der Waals surface area contributed by atoms with Gasteiger partial charge in [-0.1, -0.05) is 126 Å². The van der Waals surface area contributed by atoms with Crippen molar-refractivity contribution in [3.63, 3.8) is 0 Å². The van der Waals surface area contributed by atoms with Gasteiger partial charge in [0, 0.05) is 4.91 Å². The lowest BCUT2D eigenvalue weighted by Gasteiger charge is -2.47. The topological polar surface area (TPSA) is 152 Å². The fraction of sp³-hybridized carbons (Fsp3) is 0.442. The summed E-state index contributed by atoms with van der Waals surface area (Å²) in [5, 5.41) is 15.2. The lowest BCUT2D eigenvalue weighted by atomic mass is 9.95. The molecule has 3 aliphatic rings. The number of nitrogens with zero attached hydrogens (tertiary/aromatic N) is 3. The SMILES string of the molecule is CC1(C)O[C@H]2[C@@H](O1)[C@@H](COCc1ccccc1)O[C@@H](O[C@H]1[C@H](OCc3ccccc3)[C@@H](N=[N+]=[N-])[C@H](O)O[C@@H]1COCc1ccccc1)[C@@H]2OCc1ccccc1. The van der Waals surface area contributed by atoms with Crippen molar-refractivity contribution in [2.24, 2.45) is 5.11 Å². The van der Waals surface area contributed by atoms with Crippen LogP contribution >= 0.6 is 0 Å². The molecular formula is C43H49N3O10. The highest BCUT2D eigenvalue weighted by Crippen LogP contribution is 2.41. The molecule has 296 valence electrons. The highest BCUT2D eigenvalue weighted by atomic mass is 16.8. The van der Waals surface area contributed by atoms with E-state index in [0.717, 1.165) is 22.3 Å². The third-order valence-electron chi connectivity index (χ3n) is 9.90. The molecule has 3 fully saturated rings. The van der Waals surface area contributed by atoms with E-state index in [1.54, 1.807) is 0 Å². The monoisotopic (exact) mass is 767 g/mol. The molecule has 0 unspecified atom stereocenters. The first kappa shape index (κ1) is 40.0. The summed E-state index contributed by atoms with van der Waals surface area (Å²) in [6.45, 7) is 4.90. The van der Waals surface area contributed by atoms with Crippen molar-refractivity contribution in [3.8, 4) is 0 Å². The van der Waals surface area contributed by atoms with Gasteiger partial charge in [-0.15, -0.1) is 0 Å². The van der Waals surface area contributed by atoms with E-state index in [4.69, 9.17) is 42.6 Å². The Morgan fingerprint density at radius 3 is 1.59 bits per heavy atom. The molecule has 4 aromatic carbocycles. The number of hydrogen-bond acceptors (Lipinski definition) is 11. The normalized spacial score (nSPS) is 29.6. The third kappa shape index (κ3) is 10.4. The molecule has 0 spiro atoms. The van der Waals surface area contributed by atoms with Gasteiger partial charge in [-0.05, 0) is 41.6 Å². The average molecular weight is 768 g/mol. The van der Waals surface area contributed by atoms with E-state index in [1.165, 1.54) is 0 Å². The highest BCUT2D eigenvalue weighted by Gasteiger charge is 2.58. The Morgan fingerprint density at radius 1 is 0.607 bits per heavy atom. The van der Waals surface area contributed by atoms with Gasteiger partial charge >= 0.3 is 0 Å². The molecule has 0 aliphatic carbocycles. The second kappa shape index (κ2) is 19.3. The molecule has 3 aliphatic heterocycles. The van der Waals surface area contributed by atoms with Gasteiger partial charge in [-0.2, -0.15) is 0 Å². The van der Waals surface area contributed by atoms with Gasteiger partial charge in [-0.3, -0.25) is 0 Å². The van der Waals surface area contributed by atoms with E-state index in [-0.39, 0.29) is 33.0 Å². The molecule has 13 nitrogen and oxygen atoms in total. The zero-order valence-electron chi connectivity index (χ0n) is 31.5. The van der Waals surface area contributed by atoms with Gasteiger partial charge in [0.05, 0.1) is 39.6 Å². The Bertz CT molecular complexity index is 1820. The first-order chi connectivity index (χ1) is 27.4. The number of azide groups is 1. The molecule has 0 bridgehead atoms. The number of hydrogen-bond donors (Lipinski definition) is 1. The molecule has 4 aromatic rings. The van der Waals surface area contributed by atoms with Crippen LogP contribution in [-0.4, -0.2) is 85.5 Å². The highest BCUT2D eigenvalue weighted by molar-refractivity contribution is 5.16. The first-order valence-electron chi connectivity index (χ1n) is 19.0. The van der Waals surface area contributed by atoms with Crippen molar-refractivity contribution < 1.29 is 47.7 Å². The van der Waals surface area contributed by atoms with Gasteiger partial charge in [0.1, 0.15) is 48.8 Å². The maximum absolute atomic E-state index is 11.3. The second-order valence-electron chi connectivity index (χ2n) is 14.5. The Kier molecular flexibility index (Phi) is 13.8. The molecule has 3 heterocycles. The summed E-state index contributed by atoms with van der Waals surface area (Å²) >= 11 is 0. The van der Waals surface area contributed by atoms with Gasteiger partial charge in [0.2, 0.25) is 0 Å². The molecule has 56 heavy (non-hydrogen) atoms. The Hall–Kier alpha value is -4.21. The van der Waals surface area contributed by atoms with E-state index in [9.17, 15) is 10.6 Å². The van der Waals surface area contributed by atoms with Crippen molar-refractivity contribution in [2.45, 2.75) is 107 Å². The molecule has 0 amide bonds. The fourth-order valence-corrected chi connectivity index (χ4v) is 7.26. The molecule has 0 aromatic heterocycles. The molecular weight excluding hydrogens is 718 g/mol. The van der Waals surface area contributed by atoms with Crippen LogP contribution in [0.25, 0.3) is 10.4 Å². The summed E-state index contributed by atoms with van der Waals surface area (Å²) in [4.78, 5) is 3.04. The van der Waals surface area contributed by atoms with Crippen molar-refractivity contribution in [3.05, 3.63) is 154 Å². The van der Waals surface area contributed by atoms with Crippen molar-refractivity contribution >= 4 is 0 Å². The number of rotatable bonds is 17. The summed E-state index contributed by atoms with van der Waals surface area (Å²) in [7, 11) is 0. The number of ether oxygens (including phenoxy) is 9. The van der Waals surface area contributed by atoms with Crippen molar-refractivity contribution in [1.82, 2.24) is 0 Å². The number of benzene rings is 4. The molecule has 1 N–H and O–H groups in total. The predicted octanol–water partition coefficient (Wildman–Crippen LogP) is 6.62. The smallest absolute Gasteiger partial charge is 0.187 e. The fourth-order valence-electron chi connectivity index (χ4n) is 7.26. The van der Waals surface area contributed by atoms with Crippen molar-refractivity contribution in [2.75, 3.05) is 13.2 Å². The van der Waals surface area contributed by atoms with Crippen LogP contribution in [0.15, 0.2) is 126 Å². The van der Waals surface area contributed by atoms with E-state index in [1.807, 2.05) is 135 Å². The van der Waals surface area contributed by atoms with E-state index < -0.39 is 67.1 Å². The second-order valence-corrected chi connectivity index (χ2v) is 14.5. The molecule has 0 radical (unpaired) electrons. The van der Waals surface area contributed by atoms with Crippen LogP contribution in [0.4, 0.5) is 0 Å². The lowest BCUT2D eigenvalue weighted by Crippen LogP contribution is -2.64.